The molecule has 0 heterocycles. The summed E-state index contributed by atoms with van der Waals surface area (Å²) in [7, 11) is 0. The summed E-state index contributed by atoms with van der Waals surface area (Å²) in [5.74, 6) is 6.33. The normalized spacial score (nSPS) is 9.70. The molecule has 0 spiro atoms. The highest BCUT2D eigenvalue weighted by molar-refractivity contribution is 14.1. The third kappa shape index (κ3) is 2.51. The first-order chi connectivity index (χ1) is 9.83. The van der Waals surface area contributed by atoms with Crippen LogP contribution in [0.5, 0.6) is 0 Å². The van der Waals surface area contributed by atoms with Crippen molar-refractivity contribution < 1.29 is 0 Å². The smallest absolute Gasteiger partial charge is 0.0332 e. The predicted molar refractivity (Wildman–Crippen MR) is 103 cm³/mol. The molecule has 20 heavy (non-hydrogen) atoms. The van der Waals surface area contributed by atoms with Gasteiger partial charge in [-0.15, -0.1) is 0 Å². The second kappa shape index (κ2) is 6.03. The quantitative estimate of drug-likeness (QED) is 0.228. The monoisotopic (exact) mass is 478 g/mol. The number of hydrogen-bond donors (Lipinski definition) is 0. The van der Waals surface area contributed by atoms with Crippen LogP contribution in [0.2, 0.25) is 0 Å². The van der Waals surface area contributed by atoms with Crippen molar-refractivity contribution in [2.45, 2.75) is 0 Å². The Morgan fingerprint density at radius 3 is 1.60 bits per heavy atom. The Morgan fingerprint density at radius 2 is 1.15 bits per heavy atom. The van der Waals surface area contributed by atoms with Crippen molar-refractivity contribution in [2.24, 2.45) is 0 Å². The van der Waals surface area contributed by atoms with Gasteiger partial charge in [-0.1, -0.05) is 36.1 Å². The van der Waals surface area contributed by atoms with Crippen LogP contribution in [0.25, 0.3) is 21.5 Å². The first-order valence-corrected chi connectivity index (χ1v) is 8.18. The Morgan fingerprint density at radius 1 is 0.650 bits per heavy atom. The van der Waals surface area contributed by atoms with Gasteiger partial charge in [-0.3, -0.25) is 0 Å². The molecule has 3 aromatic rings. The van der Waals surface area contributed by atoms with Crippen LogP contribution in [-0.2, 0) is 0 Å². The summed E-state index contributed by atoms with van der Waals surface area (Å²) in [6, 6.07) is 16.9. The van der Waals surface area contributed by atoms with Gasteiger partial charge in [0.05, 0.1) is 0 Å². The summed E-state index contributed by atoms with van der Waals surface area (Å²) in [5, 5.41) is 4.81. The number of hydrogen-bond acceptors (Lipinski definition) is 0. The van der Waals surface area contributed by atoms with Gasteiger partial charge in [0.1, 0.15) is 0 Å². The van der Waals surface area contributed by atoms with E-state index in [1.54, 1.807) is 0 Å². The lowest BCUT2D eigenvalue weighted by Gasteiger charge is -2.06. The van der Waals surface area contributed by atoms with Crippen LogP contribution in [0.15, 0.2) is 48.5 Å². The van der Waals surface area contributed by atoms with Crippen molar-refractivity contribution in [3.05, 3.63) is 59.7 Å². The van der Waals surface area contributed by atoms with Gasteiger partial charge in [-0.2, -0.15) is 0 Å². The topological polar surface area (TPSA) is 0 Å². The number of halogens is 2. The molecular weight excluding hydrogens is 470 g/mol. The van der Waals surface area contributed by atoms with E-state index in [-0.39, 0.29) is 0 Å². The van der Waals surface area contributed by atoms with Crippen LogP contribution in [0.4, 0.5) is 0 Å². The molecule has 0 unspecified atom stereocenters. The molecule has 0 amide bonds. The minimum atomic E-state index is 1.07. The third-order valence-electron chi connectivity index (χ3n) is 3.24. The molecule has 2 heteroatoms. The van der Waals surface area contributed by atoms with Crippen LogP contribution >= 0.6 is 45.2 Å². The van der Waals surface area contributed by atoms with Crippen LogP contribution in [0.1, 0.15) is 11.1 Å². The molecule has 0 radical (unpaired) electrons. The largest absolute Gasteiger partial charge is 0.0604 e. The zero-order valence-corrected chi connectivity index (χ0v) is 14.7. The van der Waals surface area contributed by atoms with E-state index in [9.17, 15) is 0 Å². The van der Waals surface area contributed by atoms with E-state index < -0.39 is 0 Å². The lowest BCUT2D eigenvalue weighted by molar-refractivity contribution is 1.70. The molecule has 0 aliphatic carbocycles. The van der Waals surface area contributed by atoms with Crippen molar-refractivity contribution in [1.82, 2.24) is 0 Å². The summed E-state index contributed by atoms with van der Waals surface area (Å²) in [6.07, 6.45) is 0. The molecule has 3 aromatic carbocycles. The fourth-order valence-electron chi connectivity index (χ4n) is 2.37. The van der Waals surface area contributed by atoms with E-state index >= 15 is 0 Å². The first kappa shape index (κ1) is 13.7. The second-order valence-corrected chi connectivity index (χ2v) is 5.42. The zero-order chi connectivity index (χ0) is 13.9. The number of fused-ring (bicyclic) bond motifs is 2. The van der Waals surface area contributed by atoms with Crippen LogP contribution in [0, 0.1) is 19.7 Å². The average Bonchev–Trinajstić information content (AvgIpc) is 2.47. The highest BCUT2D eigenvalue weighted by Gasteiger charge is 2.04. The molecule has 0 aliphatic heterocycles. The van der Waals surface area contributed by atoms with Gasteiger partial charge in [-0.25, -0.2) is 0 Å². The van der Waals surface area contributed by atoms with Gasteiger partial charge in [0.25, 0.3) is 0 Å². The van der Waals surface area contributed by atoms with E-state index in [2.05, 4.69) is 113 Å². The Hall–Kier alpha value is -1.24. The molecule has 0 saturated heterocycles. The molecule has 0 saturated carbocycles. The maximum atomic E-state index is 3.17. The zero-order valence-electron chi connectivity index (χ0n) is 10.4. The van der Waals surface area contributed by atoms with Crippen LogP contribution in [0.3, 0.4) is 0 Å². The van der Waals surface area contributed by atoms with Gasteiger partial charge >= 0.3 is 0 Å². The molecular formula is C18H8I2. The van der Waals surface area contributed by atoms with Crippen LogP contribution in [-0.4, -0.2) is 0 Å². The Labute approximate surface area is 145 Å². The fraction of sp³-hybridized carbons (Fsp3) is 0. The summed E-state index contributed by atoms with van der Waals surface area (Å²) >= 11 is 4.15. The highest BCUT2D eigenvalue weighted by Crippen LogP contribution is 2.27. The van der Waals surface area contributed by atoms with E-state index in [4.69, 9.17) is 0 Å². The van der Waals surface area contributed by atoms with Gasteiger partial charge in [0, 0.05) is 56.3 Å². The molecule has 0 fully saturated rings. The van der Waals surface area contributed by atoms with Crippen molar-refractivity contribution in [1.29, 1.82) is 0 Å². The third-order valence-corrected chi connectivity index (χ3v) is 3.78. The molecule has 0 aliphatic rings. The van der Waals surface area contributed by atoms with Gasteiger partial charge in [0.15, 0.2) is 0 Å². The molecule has 0 N–H and O–H groups in total. The minimum absolute atomic E-state index is 1.07. The summed E-state index contributed by atoms with van der Waals surface area (Å²) in [6.45, 7) is 0. The van der Waals surface area contributed by atoms with Gasteiger partial charge < -0.3 is 0 Å². The lowest BCUT2D eigenvalue weighted by atomic mass is 9.97. The molecule has 0 atom stereocenters. The van der Waals surface area contributed by atoms with E-state index in [0.717, 1.165) is 11.1 Å². The van der Waals surface area contributed by atoms with Crippen molar-refractivity contribution in [2.75, 3.05) is 0 Å². The first-order valence-electron chi connectivity index (χ1n) is 6.02. The molecule has 94 valence electrons. The minimum Gasteiger partial charge on any atom is -0.0604 e. The maximum Gasteiger partial charge on any atom is 0.0332 e. The van der Waals surface area contributed by atoms with Crippen molar-refractivity contribution in [3.8, 4) is 19.7 Å². The van der Waals surface area contributed by atoms with Crippen molar-refractivity contribution in [3.63, 3.8) is 0 Å². The number of benzene rings is 3. The standard InChI is InChI=1S/C18H8I2/c19-9-7-13-3-1-5-15-11-16-6-2-4-14(8-10-20)18(16)12-17(13)15/h1-6,11-12H. The fourth-order valence-corrected chi connectivity index (χ4v) is 2.95. The van der Waals surface area contributed by atoms with Crippen molar-refractivity contribution >= 4 is 66.7 Å². The summed E-state index contributed by atoms with van der Waals surface area (Å²) in [5.41, 5.74) is 2.13. The Balaban J connectivity index is 2.46. The van der Waals surface area contributed by atoms with E-state index in [1.807, 2.05) is 0 Å². The highest BCUT2D eigenvalue weighted by atomic mass is 127. The Bertz CT molecular complexity index is 857. The molecule has 0 bridgehead atoms. The SMILES string of the molecule is IC#Cc1cccc2cc3cccc(C#CI)c3cc12. The average molecular weight is 478 g/mol. The molecule has 3 rings (SSSR count). The molecule has 0 aromatic heterocycles. The molecule has 0 nitrogen and oxygen atoms in total. The van der Waals surface area contributed by atoms with Crippen LogP contribution < -0.4 is 0 Å². The van der Waals surface area contributed by atoms with E-state index in [1.165, 1.54) is 21.5 Å². The van der Waals surface area contributed by atoms with Gasteiger partial charge in [-0.05, 0) is 53.7 Å². The summed E-state index contributed by atoms with van der Waals surface area (Å²) in [4.78, 5) is 0. The van der Waals surface area contributed by atoms with Gasteiger partial charge in [0.2, 0.25) is 0 Å². The summed E-state index contributed by atoms with van der Waals surface area (Å²) < 4.78 is 5.91. The second-order valence-electron chi connectivity index (χ2n) is 4.34. The lowest BCUT2D eigenvalue weighted by Crippen LogP contribution is -1.84. The van der Waals surface area contributed by atoms with E-state index in [0.29, 0.717) is 0 Å². The number of rotatable bonds is 0. The predicted octanol–water partition coefficient (Wildman–Crippen LogP) is 5.48. The Kier molecular flexibility index (Phi) is 4.14. The maximum absolute atomic E-state index is 3.17.